The van der Waals surface area contributed by atoms with Crippen LogP contribution in [-0.2, 0) is 4.79 Å². The van der Waals surface area contributed by atoms with Crippen molar-refractivity contribution in [1.82, 2.24) is 0 Å². The van der Waals surface area contributed by atoms with Crippen LogP contribution < -0.4 is 19.5 Å². The summed E-state index contributed by atoms with van der Waals surface area (Å²) in [5.74, 6) is 1.68. The smallest absolute Gasteiger partial charge is 0.262 e. The summed E-state index contributed by atoms with van der Waals surface area (Å²) in [6, 6.07) is 11.1. The maximum absolute atomic E-state index is 12.1. The monoisotopic (exact) mass is 315 g/mol. The molecule has 2 aromatic carbocycles. The van der Waals surface area contributed by atoms with E-state index in [4.69, 9.17) is 14.2 Å². The van der Waals surface area contributed by atoms with E-state index in [1.54, 1.807) is 32.4 Å². The number of hydrogen-bond donors (Lipinski definition) is 1. The molecule has 0 aliphatic heterocycles. The normalized spacial score (nSPS) is 10.1. The van der Waals surface area contributed by atoms with Crippen molar-refractivity contribution < 1.29 is 19.0 Å². The number of aryl methyl sites for hydroxylation is 2. The van der Waals surface area contributed by atoms with Crippen LogP contribution in [0.15, 0.2) is 36.4 Å². The minimum Gasteiger partial charge on any atom is -0.497 e. The predicted molar refractivity (Wildman–Crippen MR) is 89.6 cm³/mol. The third-order valence-corrected chi connectivity index (χ3v) is 3.34. The number of carbonyl (C=O) groups excluding carboxylic acids is 1. The van der Waals surface area contributed by atoms with Crippen LogP contribution in [0.1, 0.15) is 11.1 Å². The Morgan fingerprint density at radius 1 is 1.00 bits per heavy atom. The van der Waals surface area contributed by atoms with Gasteiger partial charge in [-0.3, -0.25) is 4.79 Å². The van der Waals surface area contributed by atoms with Crippen molar-refractivity contribution in [2.45, 2.75) is 13.8 Å². The molecular weight excluding hydrogens is 294 g/mol. The van der Waals surface area contributed by atoms with Gasteiger partial charge in [-0.1, -0.05) is 12.1 Å². The molecule has 122 valence electrons. The lowest BCUT2D eigenvalue weighted by molar-refractivity contribution is -0.118. The van der Waals surface area contributed by atoms with Gasteiger partial charge in [0.15, 0.2) is 6.61 Å². The van der Waals surface area contributed by atoms with Crippen molar-refractivity contribution in [3.05, 3.63) is 47.5 Å². The predicted octanol–water partition coefficient (Wildman–Crippen LogP) is 3.34. The Balaban J connectivity index is 2.01. The van der Waals surface area contributed by atoms with Crippen LogP contribution in [0.25, 0.3) is 0 Å². The van der Waals surface area contributed by atoms with Crippen LogP contribution in [0.4, 0.5) is 5.69 Å². The van der Waals surface area contributed by atoms with Gasteiger partial charge in [-0.15, -0.1) is 0 Å². The van der Waals surface area contributed by atoms with Gasteiger partial charge in [-0.05, 0) is 31.0 Å². The third-order valence-electron chi connectivity index (χ3n) is 3.34. The van der Waals surface area contributed by atoms with E-state index in [0.717, 1.165) is 11.1 Å². The van der Waals surface area contributed by atoms with Crippen molar-refractivity contribution in [3.8, 4) is 17.2 Å². The molecule has 0 aliphatic carbocycles. The summed E-state index contributed by atoms with van der Waals surface area (Å²) in [5.41, 5.74) is 2.67. The summed E-state index contributed by atoms with van der Waals surface area (Å²) < 4.78 is 15.9. The van der Waals surface area contributed by atoms with Crippen molar-refractivity contribution >= 4 is 11.6 Å². The van der Waals surface area contributed by atoms with Crippen LogP contribution in [0, 0.1) is 13.8 Å². The van der Waals surface area contributed by atoms with Gasteiger partial charge in [0, 0.05) is 23.9 Å². The van der Waals surface area contributed by atoms with Gasteiger partial charge in [-0.25, -0.2) is 0 Å². The highest BCUT2D eigenvalue weighted by Gasteiger charge is 2.08. The molecule has 0 fully saturated rings. The average molecular weight is 315 g/mol. The second-order valence-electron chi connectivity index (χ2n) is 5.21. The molecule has 2 rings (SSSR count). The molecule has 0 radical (unpaired) electrons. The molecule has 0 saturated carbocycles. The van der Waals surface area contributed by atoms with E-state index in [9.17, 15) is 4.79 Å². The summed E-state index contributed by atoms with van der Waals surface area (Å²) in [5, 5.41) is 2.77. The molecule has 5 heteroatoms. The molecule has 0 aromatic heterocycles. The maximum atomic E-state index is 12.1. The molecule has 0 bridgehead atoms. The molecular formula is C18H21NO4. The average Bonchev–Trinajstić information content (AvgIpc) is 2.55. The number of methoxy groups -OCH3 is 2. The van der Waals surface area contributed by atoms with Crippen molar-refractivity contribution in [2.75, 3.05) is 26.1 Å². The Labute approximate surface area is 136 Å². The zero-order chi connectivity index (χ0) is 16.8. The molecule has 0 spiro atoms. The van der Waals surface area contributed by atoms with Crippen LogP contribution in [-0.4, -0.2) is 26.7 Å². The summed E-state index contributed by atoms with van der Waals surface area (Å²) in [6.45, 7) is 3.86. The number of anilines is 1. The Bertz CT molecular complexity index is 675. The number of nitrogens with one attached hydrogen (secondary N) is 1. The highest BCUT2D eigenvalue weighted by Crippen LogP contribution is 2.25. The van der Waals surface area contributed by atoms with E-state index in [0.29, 0.717) is 22.9 Å². The topological polar surface area (TPSA) is 56.8 Å². The number of benzene rings is 2. The summed E-state index contributed by atoms with van der Waals surface area (Å²) in [4.78, 5) is 12.1. The van der Waals surface area contributed by atoms with E-state index < -0.39 is 0 Å². The van der Waals surface area contributed by atoms with E-state index >= 15 is 0 Å². The third kappa shape index (κ3) is 4.64. The summed E-state index contributed by atoms with van der Waals surface area (Å²) in [6.07, 6.45) is 0. The second kappa shape index (κ2) is 7.54. The zero-order valence-corrected chi connectivity index (χ0v) is 13.8. The van der Waals surface area contributed by atoms with Gasteiger partial charge < -0.3 is 19.5 Å². The van der Waals surface area contributed by atoms with E-state index in [1.165, 1.54) is 0 Å². The molecule has 0 heterocycles. The lowest BCUT2D eigenvalue weighted by Crippen LogP contribution is -2.20. The van der Waals surface area contributed by atoms with Gasteiger partial charge in [-0.2, -0.15) is 0 Å². The maximum Gasteiger partial charge on any atom is 0.262 e. The van der Waals surface area contributed by atoms with E-state index in [-0.39, 0.29) is 12.5 Å². The first-order chi connectivity index (χ1) is 11.0. The zero-order valence-electron chi connectivity index (χ0n) is 13.8. The van der Waals surface area contributed by atoms with Gasteiger partial charge in [0.1, 0.15) is 17.2 Å². The van der Waals surface area contributed by atoms with E-state index in [1.807, 2.05) is 32.0 Å². The Hall–Kier alpha value is -2.69. The molecule has 23 heavy (non-hydrogen) atoms. The highest BCUT2D eigenvalue weighted by molar-refractivity contribution is 5.92. The second-order valence-corrected chi connectivity index (χ2v) is 5.21. The molecule has 2 aromatic rings. The number of ether oxygens (including phenoxy) is 3. The number of amides is 1. The van der Waals surface area contributed by atoms with Crippen LogP contribution in [0.5, 0.6) is 17.2 Å². The number of rotatable bonds is 6. The van der Waals surface area contributed by atoms with Gasteiger partial charge in [0.25, 0.3) is 5.91 Å². The van der Waals surface area contributed by atoms with Crippen LogP contribution in [0.2, 0.25) is 0 Å². The number of hydrogen-bond acceptors (Lipinski definition) is 4. The Kier molecular flexibility index (Phi) is 5.46. The quantitative estimate of drug-likeness (QED) is 0.888. The molecule has 5 nitrogen and oxygen atoms in total. The fourth-order valence-electron chi connectivity index (χ4n) is 2.08. The van der Waals surface area contributed by atoms with Crippen molar-refractivity contribution in [2.24, 2.45) is 0 Å². The molecule has 1 amide bonds. The van der Waals surface area contributed by atoms with Crippen LogP contribution >= 0.6 is 0 Å². The molecule has 0 saturated heterocycles. The molecule has 1 N–H and O–H groups in total. The first kappa shape index (κ1) is 16.7. The van der Waals surface area contributed by atoms with Crippen molar-refractivity contribution in [1.29, 1.82) is 0 Å². The summed E-state index contributed by atoms with van der Waals surface area (Å²) >= 11 is 0. The lowest BCUT2D eigenvalue weighted by atomic mass is 10.1. The SMILES string of the molecule is COc1cc(NC(=O)COc2cc(C)ccc2C)cc(OC)c1. The summed E-state index contributed by atoms with van der Waals surface area (Å²) in [7, 11) is 3.12. The Morgan fingerprint density at radius 2 is 1.65 bits per heavy atom. The van der Waals surface area contributed by atoms with Gasteiger partial charge in [0.05, 0.1) is 14.2 Å². The lowest BCUT2D eigenvalue weighted by Gasteiger charge is -2.12. The first-order valence-corrected chi connectivity index (χ1v) is 7.25. The molecule has 0 atom stereocenters. The minimum atomic E-state index is -0.249. The molecule has 0 unspecified atom stereocenters. The van der Waals surface area contributed by atoms with Gasteiger partial charge in [0.2, 0.25) is 0 Å². The van der Waals surface area contributed by atoms with E-state index in [2.05, 4.69) is 5.32 Å². The van der Waals surface area contributed by atoms with Crippen LogP contribution in [0.3, 0.4) is 0 Å². The standard InChI is InChI=1S/C18H21NO4/c1-12-5-6-13(2)17(7-12)23-11-18(20)19-14-8-15(21-3)10-16(9-14)22-4/h5-10H,11H2,1-4H3,(H,19,20). The number of carbonyl (C=O) groups is 1. The largest absolute Gasteiger partial charge is 0.497 e. The van der Waals surface area contributed by atoms with Gasteiger partial charge >= 0.3 is 0 Å². The Morgan fingerprint density at radius 3 is 2.26 bits per heavy atom. The van der Waals surface area contributed by atoms with Crippen molar-refractivity contribution in [3.63, 3.8) is 0 Å². The first-order valence-electron chi connectivity index (χ1n) is 7.25. The minimum absolute atomic E-state index is 0.0657. The highest BCUT2D eigenvalue weighted by atomic mass is 16.5. The molecule has 0 aliphatic rings. The fourth-order valence-corrected chi connectivity index (χ4v) is 2.08. The fraction of sp³-hybridized carbons (Fsp3) is 0.278.